The minimum Gasteiger partial charge on any atom is -0.356 e. The summed E-state index contributed by atoms with van der Waals surface area (Å²) >= 11 is 0. The number of piperidine rings is 1. The summed E-state index contributed by atoms with van der Waals surface area (Å²) in [5, 5.41) is 6.34. The van der Waals surface area contributed by atoms with Crippen molar-refractivity contribution < 1.29 is 4.79 Å². The van der Waals surface area contributed by atoms with Crippen LogP contribution in [0.4, 0.5) is 0 Å². The van der Waals surface area contributed by atoms with Gasteiger partial charge in [-0.1, -0.05) is 11.6 Å². The minimum atomic E-state index is 0.192. The predicted octanol–water partition coefficient (Wildman–Crippen LogP) is 1.14. The Hall–Kier alpha value is -0.870. The van der Waals surface area contributed by atoms with Gasteiger partial charge in [0.1, 0.15) is 0 Å². The fraction of sp³-hybridized carbons (Fsp3) is 0.800. The molecule has 2 heterocycles. The predicted molar refractivity (Wildman–Crippen MR) is 78.0 cm³/mol. The van der Waals surface area contributed by atoms with Crippen LogP contribution in [0.2, 0.25) is 0 Å². The Bertz CT molecular complexity index is 327. The number of nitrogens with zero attached hydrogens (tertiary/aromatic N) is 1. The summed E-state index contributed by atoms with van der Waals surface area (Å²) in [5.74, 6) is 0.953. The molecule has 4 nitrogen and oxygen atoms in total. The maximum Gasteiger partial charge on any atom is 0.224 e. The molecule has 0 aromatic carbocycles. The number of carbonyl (C=O) groups excluding carboxylic acids is 1. The highest BCUT2D eigenvalue weighted by Gasteiger charge is 2.17. The SMILES string of the molecule is CN1CCC[C@@H](CCNC(=O)CC2=CCNCC2)C1. The van der Waals surface area contributed by atoms with Crippen LogP contribution in [0.5, 0.6) is 0 Å². The van der Waals surface area contributed by atoms with E-state index in [1.807, 2.05) is 0 Å². The van der Waals surface area contributed by atoms with Crippen molar-refractivity contribution in [2.24, 2.45) is 5.92 Å². The first-order chi connectivity index (χ1) is 9.24. The first-order valence-corrected chi connectivity index (χ1v) is 7.58. The van der Waals surface area contributed by atoms with Crippen molar-refractivity contribution in [1.29, 1.82) is 0 Å². The van der Waals surface area contributed by atoms with Gasteiger partial charge in [0, 0.05) is 26.1 Å². The van der Waals surface area contributed by atoms with E-state index < -0.39 is 0 Å². The molecule has 2 N–H and O–H groups in total. The summed E-state index contributed by atoms with van der Waals surface area (Å²) in [7, 11) is 2.19. The van der Waals surface area contributed by atoms with Gasteiger partial charge in [0.2, 0.25) is 5.91 Å². The largest absolute Gasteiger partial charge is 0.356 e. The van der Waals surface area contributed by atoms with Crippen LogP contribution >= 0.6 is 0 Å². The number of carbonyl (C=O) groups is 1. The van der Waals surface area contributed by atoms with E-state index in [1.54, 1.807) is 0 Å². The van der Waals surface area contributed by atoms with Gasteiger partial charge in [-0.2, -0.15) is 0 Å². The lowest BCUT2D eigenvalue weighted by molar-refractivity contribution is -0.120. The molecule has 108 valence electrons. The van der Waals surface area contributed by atoms with Crippen molar-refractivity contribution in [1.82, 2.24) is 15.5 Å². The smallest absolute Gasteiger partial charge is 0.224 e. The molecule has 2 rings (SSSR count). The Kier molecular flexibility index (Phi) is 5.86. The van der Waals surface area contributed by atoms with E-state index >= 15 is 0 Å². The number of rotatable bonds is 5. The molecule has 0 saturated carbocycles. The zero-order valence-corrected chi connectivity index (χ0v) is 12.1. The van der Waals surface area contributed by atoms with Crippen molar-refractivity contribution in [3.05, 3.63) is 11.6 Å². The molecule has 0 spiro atoms. The molecule has 0 bridgehead atoms. The van der Waals surface area contributed by atoms with Crippen LogP contribution in [-0.4, -0.2) is 50.6 Å². The maximum absolute atomic E-state index is 11.8. The molecule has 0 aromatic heterocycles. The Balaban J connectivity index is 1.59. The molecule has 0 radical (unpaired) electrons. The molecule has 1 saturated heterocycles. The molecule has 2 aliphatic heterocycles. The second-order valence-corrected chi connectivity index (χ2v) is 5.90. The normalized spacial score (nSPS) is 24.9. The Morgan fingerprint density at radius 3 is 3.21 bits per heavy atom. The van der Waals surface area contributed by atoms with Crippen molar-refractivity contribution in [2.45, 2.75) is 32.1 Å². The average Bonchev–Trinajstić information content (AvgIpc) is 2.40. The third-order valence-electron chi connectivity index (χ3n) is 4.14. The fourth-order valence-electron chi connectivity index (χ4n) is 3.02. The minimum absolute atomic E-state index is 0.192. The van der Waals surface area contributed by atoms with E-state index in [4.69, 9.17) is 0 Å². The molecule has 1 fully saturated rings. The monoisotopic (exact) mass is 265 g/mol. The molecule has 0 aromatic rings. The highest BCUT2D eigenvalue weighted by atomic mass is 16.1. The van der Waals surface area contributed by atoms with Crippen LogP contribution in [0.25, 0.3) is 0 Å². The summed E-state index contributed by atoms with van der Waals surface area (Å²) in [4.78, 5) is 14.2. The van der Waals surface area contributed by atoms with Crippen molar-refractivity contribution in [2.75, 3.05) is 39.8 Å². The average molecular weight is 265 g/mol. The van der Waals surface area contributed by atoms with Crippen LogP contribution < -0.4 is 10.6 Å². The number of hydrogen-bond donors (Lipinski definition) is 2. The van der Waals surface area contributed by atoms with E-state index in [2.05, 4.69) is 28.7 Å². The Morgan fingerprint density at radius 2 is 2.47 bits per heavy atom. The highest BCUT2D eigenvalue weighted by Crippen LogP contribution is 2.17. The second-order valence-electron chi connectivity index (χ2n) is 5.90. The second kappa shape index (κ2) is 7.65. The first-order valence-electron chi connectivity index (χ1n) is 7.58. The zero-order valence-electron chi connectivity index (χ0n) is 12.1. The number of likely N-dealkylation sites (tertiary alicyclic amines) is 1. The number of amides is 1. The summed E-state index contributed by atoms with van der Waals surface area (Å²) < 4.78 is 0. The maximum atomic E-state index is 11.8. The van der Waals surface area contributed by atoms with E-state index in [0.717, 1.165) is 38.4 Å². The quantitative estimate of drug-likeness (QED) is 0.733. The summed E-state index contributed by atoms with van der Waals surface area (Å²) in [6.07, 6.45) is 7.50. The Morgan fingerprint density at radius 1 is 1.58 bits per heavy atom. The van der Waals surface area contributed by atoms with Gasteiger partial charge in [-0.15, -0.1) is 0 Å². The van der Waals surface area contributed by atoms with Crippen LogP contribution in [-0.2, 0) is 4.79 Å². The van der Waals surface area contributed by atoms with Gasteiger partial charge in [-0.05, 0) is 51.7 Å². The molecule has 19 heavy (non-hydrogen) atoms. The standard InChI is InChI=1S/C15H27N3O/c1-18-10-2-3-14(12-18)6-9-17-15(19)11-13-4-7-16-8-5-13/h4,14,16H,2-3,5-12H2,1H3,(H,17,19)/t14-/m0/s1. The first kappa shape index (κ1) is 14.5. The number of hydrogen-bond acceptors (Lipinski definition) is 3. The van der Waals surface area contributed by atoms with E-state index in [-0.39, 0.29) is 5.91 Å². The third kappa shape index (κ3) is 5.33. The lowest BCUT2D eigenvalue weighted by atomic mass is 9.95. The van der Waals surface area contributed by atoms with E-state index in [1.165, 1.54) is 31.5 Å². The Labute approximate surface area is 116 Å². The topological polar surface area (TPSA) is 44.4 Å². The molecule has 1 atom stereocenters. The lowest BCUT2D eigenvalue weighted by Gasteiger charge is -2.29. The van der Waals surface area contributed by atoms with Gasteiger partial charge in [0.05, 0.1) is 0 Å². The van der Waals surface area contributed by atoms with Crippen LogP contribution in [0, 0.1) is 5.92 Å². The van der Waals surface area contributed by atoms with E-state index in [9.17, 15) is 4.79 Å². The van der Waals surface area contributed by atoms with Crippen molar-refractivity contribution in [3.8, 4) is 0 Å². The van der Waals surface area contributed by atoms with E-state index in [0.29, 0.717) is 6.42 Å². The molecular formula is C15H27N3O. The highest BCUT2D eigenvalue weighted by molar-refractivity contribution is 5.78. The van der Waals surface area contributed by atoms with Crippen molar-refractivity contribution in [3.63, 3.8) is 0 Å². The van der Waals surface area contributed by atoms with Gasteiger partial charge < -0.3 is 15.5 Å². The molecular weight excluding hydrogens is 238 g/mol. The molecule has 2 aliphatic rings. The van der Waals surface area contributed by atoms with Crippen molar-refractivity contribution >= 4 is 5.91 Å². The fourth-order valence-corrected chi connectivity index (χ4v) is 3.02. The zero-order chi connectivity index (χ0) is 13.5. The summed E-state index contributed by atoms with van der Waals surface area (Å²) in [5.41, 5.74) is 1.29. The molecule has 0 aliphatic carbocycles. The number of nitrogens with one attached hydrogen (secondary N) is 2. The summed E-state index contributed by atoms with van der Waals surface area (Å²) in [6.45, 7) is 5.17. The van der Waals surface area contributed by atoms with Crippen LogP contribution in [0.15, 0.2) is 11.6 Å². The lowest BCUT2D eigenvalue weighted by Crippen LogP contribution is -2.34. The van der Waals surface area contributed by atoms with Crippen LogP contribution in [0.3, 0.4) is 0 Å². The third-order valence-corrected chi connectivity index (χ3v) is 4.14. The van der Waals surface area contributed by atoms with Gasteiger partial charge in [-0.3, -0.25) is 4.79 Å². The molecule has 0 unspecified atom stereocenters. The van der Waals surface area contributed by atoms with Crippen LogP contribution in [0.1, 0.15) is 32.1 Å². The van der Waals surface area contributed by atoms with Gasteiger partial charge in [0.25, 0.3) is 0 Å². The van der Waals surface area contributed by atoms with Gasteiger partial charge in [-0.25, -0.2) is 0 Å². The van der Waals surface area contributed by atoms with Gasteiger partial charge >= 0.3 is 0 Å². The summed E-state index contributed by atoms with van der Waals surface area (Å²) in [6, 6.07) is 0. The molecule has 4 heteroatoms. The molecule has 1 amide bonds. The van der Waals surface area contributed by atoms with Gasteiger partial charge in [0.15, 0.2) is 0 Å².